The third-order valence-corrected chi connectivity index (χ3v) is 4.76. The second-order valence-electron chi connectivity index (χ2n) is 4.65. The summed E-state index contributed by atoms with van der Waals surface area (Å²) in [6.07, 6.45) is 3.56. The van der Waals surface area contributed by atoms with Crippen molar-refractivity contribution >= 4 is 38.2 Å². The van der Waals surface area contributed by atoms with Crippen LogP contribution in [0.5, 0.6) is 0 Å². The highest BCUT2D eigenvalue weighted by Gasteiger charge is 2.24. The molecule has 0 aliphatic heterocycles. The van der Waals surface area contributed by atoms with Gasteiger partial charge in [0.25, 0.3) is 0 Å². The molecule has 96 valence electrons. The Kier molecular flexibility index (Phi) is 4.41. The highest BCUT2D eigenvalue weighted by atomic mass is 79.9. The van der Waals surface area contributed by atoms with Gasteiger partial charge in [-0.25, -0.2) is 0 Å². The van der Waals surface area contributed by atoms with Crippen LogP contribution in [-0.2, 0) is 17.6 Å². The zero-order valence-electron chi connectivity index (χ0n) is 10.3. The van der Waals surface area contributed by atoms with Gasteiger partial charge >= 0.3 is 0 Å². The molecule has 0 spiro atoms. The van der Waals surface area contributed by atoms with Crippen LogP contribution in [0.25, 0.3) is 0 Å². The van der Waals surface area contributed by atoms with Gasteiger partial charge in [-0.3, -0.25) is 4.79 Å². The molecular weight excluding hydrogens is 312 g/mol. The number of nitrogens with zero attached hydrogens (tertiary/aromatic N) is 1. The Bertz CT molecular complexity index is 504. The summed E-state index contributed by atoms with van der Waals surface area (Å²) in [5.74, 6) is 0.642. The average Bonchev–Trinajstić information content (AvgIpc) is 2.65. The largest absolute Gasteiger partial charge is 0.317 e. The molecule has 0 fully saturated rings. The first-order valence-corrected chi connectivity index (χ1v) is 8.00. The predicted octanol–water partition coefficient (Wildman–Crippen LogP) is 3.47. The second kappa shape index (κ2) is 5.85. The van der Waals surface area contributed by atoms with Crippen molar-refractivity contribution in [2.45, 2.75) is 32.6 Å². The monoisotopic (exact) mass is 326 g/mol. The predicted molar refractivity (Wildman–Crippen MR) is 77.3 cm³/mol. The number of nitrogens with one attached hydrogen (secondary N) is 1. The minimum atomic E-state index is -0.0324. The Balaban J connectivity index is 2.26. The number of rotatable bonds is 3. The highest BCUT2D eigenvalue weighted by Crippen LogP contribution is 2.39. The Labute approximate surface area is 119 Å². The number of amides is 1. The molecule has 1 unspecified atom stereocenters. The first kappa shape index (κ1) is 13.6. The molecule has 18 heavy (non-hydrogen) atoms. The van der Waals surface area contributed by atoms with Crippen molar-refractivity contribution in [3.8, 4) is 6.07 Å². The Hall–Kier alpha value is -0.860. The van der Waals surface area contributed by atoms with Crippen molar-refractivity contribution in [3.63, 3.8) is 0 Å². The lowest BCUT2D eigenvalue weighted by Gasteiger charge is -2.17. The third-order valence-electron chi connectivity index (χ3n) is 3.20. The number of anilines is 1. The number of halogens is 1. The summed E-state index contributed by atoms with van der Waals surface area (Å²) in [6, 6.07) is 2.25. The highest BCUT2D eigenvalue weighted by molar-refractivity contribution is 9.09. The number of carbonyl (C=O) groups excluding carboxylic acids is 1. The van der Waals surface area contributed by atoms with Crippen LogP contribution < -0.4 is 5.32 Å². The third kappa shape index (κ3) is 2.76. The van der Waals surface area contributed by atoms with Gasteiger partial charge in [0.15, 0.2) is 0 Å². The number of carbonyl (C=O) groups is 1. The smallest absolute Gasteiger partial charge is 0.225 e. The maximum atomic E-state index is 11.6. The molecule has 5 heteroatoms. The molecule has 0 radical (unpaired) electrons. The Morgan fingerprint density at radius 3 is 3.11 bits per heavy atom. The molecule has 0 bridgehead atoms. The molecule has 0 saturated carbocycles. The van der Waals surface area contributed by atoms with Gasteiger partial charge in [0.1, 0.15) is 11.1 Å². The SMILES string of the molecule is CC1CCc2c(sc(NC(=O)CCBr)c2C#N)C1. The lowest BCUT2D eigenvalue weighted by atomic mass is 9.89. The van der Waals surface area contributed by atoms with Crippen LogP contribution in [0.3, 0.4) is 0 Å². The van der Waals surface area contributed by atoms with Crippen LogP contribution in [0.4, 0.5) is 5.00 Å². The standard InChI is InChI=1S/C13H15BrN2OS/c1-8-2-3-9-10(7-15)13(18-11(9)6-8)16-12(17)4-5-14/h8H,2-6H2,1H3,(H,16,17). The zero-order chi connectivity index (χ0) is 13.1. The molecule has 0 aromatic carbocycles. The van der Waals surface area contributed by atoms with Crippen LogP contribution in [0.15, 0.2) is 0 Å². The Morgan fingerprint density at radius 2 is 2.44 bits per heavy atom. The van der Waals surface area contributed by atoms with E-state index in [9.17, 15) is 10.1 Å². The second-order valence-corrected chi connectivity index (χ2v) is 6.55. The van der Waals surface area contributed by atoms with E-state index in [0.717, 1.165) is 29.8 Å². The molecule has 1 aromatic heterocycles. The molecule has 3 nitrogen and oxygen atoms in total. The number of hydrogen-bond acceptors (Lipinski definition) is 3. The summed E-state index contributed by atoms with van der Waals surface area (Å²) in [4.78, 5) is 12.9. The van der Waals surface area contributed by atoms with E-state index in [1.165, 1.54) is 4.88 Å². The van der Waals surface area contributed by atoms with Gasteiger partial charge in [0.2, 0.25) is 5.91 Å². The molecule has 1 N–H and O–H groups in total. The van der Waals surface area contributed by atoms with Gasteiger partial charge in [-0.15, -0.1) is 11.3 Å². The summed E-state index contributed by atoms with van der Waals surface area (Å²) >= 11 is 4.82. The van der Waals surface area contributed by atoms with E-state index in [1.54, 1.807) is 11.3 Å². The fourth-order valence-corrected chi connectivity index (χ4v) is 3.97. The fraction of sp³-hybridized carbons (Fsp3) is 0.538. The van der Waals surface area contributed by atoms with Crippen LogP contribution >= 0.6 is 27.3 Å². The summed E-state index contributed by atoms with van der Waals surface area (Å²) in [7, 11) is 0. The molecule has 0 saturated heterocycles. The summed E-state index contributed by atoms with van der Waals surface area (Å²) in [6.45, 7) is 2.23. The number of alkyl halides is 1. The zero-order valence-corrected chi connectivity index (χ0v) is 12.7. The van der Waals surface area contributed by atoms with Gasteiger partial charge in [0, 0.05) is 16.6 Å². The van der Waals surface area contributed by atoms with E-state index in [2.05, 4.69) is 34.2 Å². The van der Waals surface area contributed by atoms with E-state index in [1.807, 2.05) is 0 Å². The van der Waals surface area contributed by atoms with Crippen molar-refractivity contribution in [2.75, 3.05) is 10.6 Å². The van der Waals surface area contributed by atoms with Gasteiger partial charge in [-0.1, -0.05) is 22.9 Å². The number of hydrogen-bond donors (Lipinski definition) is 1. The van der Waals surface area contributed by atoms with Crippen molar-refractivity contribution < 1.29 is 4.79 Å². The van der Waals surface area contributed by atoms with Crippen LogP contribution in [-0.4, -0.2) is 11.2 Å². The Morgan fingerprint density at radius 1 is 1.67 bits per heavy atom. The molecule has 1 aliphatic carbocycles. The fourth-order valence-electron chi connectivity index (χ4n) is 2.23. The van der Waals surface area contributed by atoms with Crippen molar-refractivity contribution in [1.82, 2.24) is 0 Å². The van der Waals surface area contributed by atoms with Crippen molar-refractivity contribution in [1.29, 1.82) is 5.26 Å². The molecule has 2 rings (SSSR count). The van der Waals surface area contributed by atoms with Crippen molar-refractivity contribution in [3.05, 3.63) is 16.0 Å². The summed E-state index contributed by atoms with van der Waals surface area (Å²) < 4.78 is 0. The maximum absolute atomic E-state index is 11.6. The maximum Gasteiger partial charge on any atom is 0.225 e. The minimum Gasteiger partial charge on any atom is -0.317 e. The first-order valence-electron chi connectivity index (χ1n) is 6.06. The molecule has 1 aromatic rings. The van der Waals surface area contributed by atoms with Gasteiger partial charge in [-0.2, -0.15) is 5.26 Å². The van der Waals surface area contributed by atoms with Gasteiger partial charge in [-0.05, 0) is 30.7 Å². The summed E-state index contributed by atoms with van der Waals surface area (Å²) in [5.41, 5.74) is 1.85. The number of thiophene rings is 1. The molecular formula is C13H15BrN2OS. The molecule has 1 aliphatic rings. The van der Waals surface area contributed by atoms with Gasteiger partial charge in [0.05, 0.1) is 5.56 Å². The molecule has 1 amide bonds. The van der Waals surface area contributed by atoms with Crippen LogP contribution in [0.1, 0.15) is 35.8 Å². The quantitative estimate of drug-likeness (QED) is 0.864. The first-order chi connectivity index (χ1) is 8.65. The van der Waals surface area contributed by atoms with E-state index in [0.29, 0.717) is 23.2 Å². The lowest BCUT2D eigenvalue weighted by Crippen LogP contribution is -2.11. The average molecular weight is 327 g/mol. The minimum absolute atomic E-state index is 0.0324. The molecule has 1 heterocycles. The van der Waals surface area contributed by atoms with E-state index in [4.69, 9.17) is 0 Å². The molecule has 1 atom stereocenters. The summed E-state index contributed by atoms with van der Waals surface area (Å²) in [5, 5.41) is 13.5. The van der Waals surface area contributed by atoms with Crippen molar-refractivity contribution in [2.24, 2.45) is 5.92 Å². The topological polar surface area (TPSA) is 52.9 Å². The lowest BCUT2D eigenvalue weighted by molar-refractivity contribution is -0.115. The van der Waals surface area contributed by atoms with Crippen LogP contribution in [0.2, 0.25) is 0 Å². The van der Waals surface area contributed by atoms with E-state index >= 15 is 0 Å². The normalized spacial score (nSPS) is 17.9. The number of fused-ring (bicyclic) bond motifs is 1. The van der Waals surface area contributed by atoms with E-state index < -0.39 is 0 Å². The van der Waals surface area contributed by atoms with Gasteiger partial charge < -0.3 is 5.32 Å². The van der Waals surface area contributed by atoms with Crippen LogP contribution in [0, 0.1) is 17.2 Å². The number of nitriles is 1. The van der Waals surface area contributed by atoms with E-state index in [-0.39, 0.29) is 5.91 Å².